The quantitative estimate of drug-likeness (QED) is 0.855. The average molecular weight is 356 g/mol. The molecule has 0 atom stereocenters. The van der Waals surface area contributed by atoms with Gasteiger partial charge in [-0.1, -0.05) is 38.8 Å². The Balaban J connectivity index is 1.73. The highest BCUT2D eigenvalue weighted by atomic mass is 79.9. The van der Waals surface area contributed by atoms with Gasteiger partial charge in [-0.15, -0.1) is 5.10 Å². The smallest absolute Gasteiger partial charge is 0.189 e. The molecule has 104 valence electrons. The van der Waals surface area contributed by atoms with Crippen molar-refractivity contribution in [2.75, 3.05) is 13.1 Å². The number of Topliss-reactive ketones (excluding diaryl/α,β-unsaturated/α-hetero) is 1. The molecule has 1 aliphatic rings. The van der Waals surface area contributed by atoms with E-state index in [1.54, 1.807) is 16.9 Å². The molecule has 1 saturated heterocycles. The van der Waals surface area contributed by atoms with E-state index in [0.717, 1.165) is 23.1 Å². The molecule has 0 saturated carbocycles. The van der Waals surface area contributed by atoms with Gasteiger partial charge in [0.25, 0.3) is 0 Å². The van der Waals surface area contributed by atoms with Crippen molar-refractivity contribution in [3.63, 3.8) is 0 Å². The van der Waals surface area contributed by atoms with Crippen LogP contribution in [0.2, 0.25) is 5.02 Å². The van der Waals surface area contributed by atoms with E-state index in [1.807, 2.05) is 12.1 Å². The zero-order valence-electron chi connectivity index (χ0n) is 10.5. The molecule has 0 amide bonds. The first-order valence-corrected chi connectivity index (χ1v) is 7.40. The minimum atomic E-state index is -0.0762. The lowest BCUT2D eigenvalue weighted by Crippen LogP contribution is -2.43. The number of nitrogens with zero attached hydrogens (tertiary/aromatic N) is 3. The maximum Gasteiger partial charge on any atom is 0.189 e. The van der Waals surface area contributed by atoms with E-state index < -0.39 is 0 Å². The highest BCUT2D eigenvalue weighted by Crippen LogP contribution is 2.22. The molecule has 3 rings (SSSR count). The van der Waals surface area contributed by atoms with Gasteiger partial charge in [-0.25, -0.2) is 4.68 Å². The summed E-state index contributed by atoms with van der Waals surface area (Å²) in [6, 6.07) is 5.79. The number of carbonyl (C=O) groups excluding carboxylic acids is 1. The summed E-state index contributed by atoms with van der Waals surface area (Å²) in [7, 11) is 0. The molecule has 1 aromatic heterocycles. The van der Waals surface area contributed by atoms with E-state index in [9.17, 15) is 4.79 Å². The zero-order chi connectivity index (χ0) is 14.1. The lowest BCUT2D eigenvalue weighted by atomic mass is 10.1. The molecule has 0 unspecified atom stereocenters. The van der Waals surface area contributed by atoms with Crippen molar-refractivity contribution in [1.29, 1.82) is 0 Å². The van der Waals surface area contributed by atoms with Gasteiger partial charge in [0, 0.05) is 29.0 Å². The summed E-state index contributed by atoms with van der Waals surface area (Å²) >= 11 is 9.46. The van der Waals surface area contributed by atoms with Crippen LogP contribution >= 0.6 is 27.5 Å². The Morgan fingerprint density at radius 1 is 1.50 bits per heavy atom. The summed E-state index contributed by atoms with van der Waals surface area (Å²) < 4.78 is 2.63. The summed E-state index contributed by atoms with van der Waals surface area (Å²) in [5.74, 6) is -0.0762. The summed E-state index contributed by atoms with van der Waals surface area (Å²) in [6.45, 7) is 1.74. The van der Waals surface area contributed by atoms with Gasteiger partial charge >= 0.3 is 0 Å². The standard InChI is InChI=1S/C13H12BrClN4O/c14-9-2-1-8(11(15)4-9)3-13(20)12-7-19(18-17-12)10-5-16-6-10/h1-2,4,7,10,16H,3,5-6H2. The van der Waals surface area contributed by atoms with Gasteiger partial charge < -0.3 is 5.32 Å². The maximum atomic E-state index is 12.2. The van der Waals surface area contributed by atoms with Crippen LogP contribution < -0.4 is 5.32 Å². The molecule has 2 aromatic rings. The van der Waals surface area contributed by atoms with Crippen LogP contribution in [0.1, 0.15) is 22.1 Å². The van der Waals surface area contributed by atoms with Crippen molar-refractivity contribution in [3.8, 4) is 0 Å². The lowest BCUT2D eigenvalue weighted by Gasteiger charge is -2.26. The van der Waals surface area contributed by atoms with Crippen molar-refractivity contribution in [2.45, 2.75) is 12.5 Å². The highest BCUT2D eigenvalue weighted by molar-refractivity contribution is 9.10. The number of ketones is 1. The number of nitrogens with one attached hydrogen (secondary N) is 1. The molecule has 1 aromatic carbocycles. The molecule has 20 heavy (non-hydrogen) atoms. The second kappa shape index (κ2) is 5.63. The van der Waals surface area contributed by atoms with Crippen LogP contribution in [0, 0.1) is 0 Å². The van der Waals surface area contributed by atoms with Crippen molar-refractivity contribution < 1.29 is 4.79 Å². The van der Waals surface area contributed by atoms with Gasteiger partial charge in [0.05, 0.1) is 12.2 Å². The maximum absolute atomic E-state index is 12.2. The Kier molecular flexibility index (Phi) is 3.87. The van der Waals surface area contributed by atoms with Crippen molar-refractivity contribution in [1.82, 2.24) is 20.3 Å². The third-order valence-corrected chi connectivity index (χ3v) is 4.14. The minimum absolute atomic E-state index is 0.0762. The first-order valence-electron chi connectivity index (χ1n) is 6.23. The van der Waals surface area contributed by atoms with Crippen LogP contribution in [0.5, 0.6) is 0 Å². The van der Waals surface area contributed by atoms with E-state index in [0.29, 0.717) is 16.8 Å². The Morgan fingerprint density at radius 2 is 2.30 bits per heavy atom. The third-order valence-electron chi connectivity index (χ3n) is 3.30. The van der Waals surface area contributed by atoms with Crippen LogP contribution in [-0.2, 0) is 6.42 Å². The van der Waals surface area contributed by atoms with E-state index in [4.69, 9.17) is 11.6 Å². The summed E-state index contributed by atoms with van der Waals surface area (Å²) in [6.07, 6.45) is 1.94. The number of rotatable bonds is 4. The molecule has 1 fully saturated rings. The first-order chi connectivity index (χ1) is 9.63. The van der Waals surface area contributed by atoms with Crippen LogP contribution in [0.25, 0.3) is 0 Å². The topological polar surface area (TPSA) is 59.8 Å². The molecule has 0 radical (unpaired) electrons. The lowest BCUT2D eigenvalue weighted by molar-refractivity contribution is 0.0988. The fourth-order valence-corrected chi connectivity index (χ4v) is 2.71. The zero-order valence-corrected chi connectivity index (χ0v) is 12.9. The van der Waals surface area contributed by atoms with Crippen molar-refractivity contribution in [3.05, 3.63) is 45.1 Å². The highest BCUT2D eigenvalue weighted by Gasteiger charge is 2.21. The molecule has 2 heterocycles. The Hall–Kier alpha value is -1.24. The number of hydrogen-bond acceptors (Lipinski definition) is 4. The largest absolute Gasteiger partial charge is 0.312 e. The Morgan fingerprint density at radius 3 is 2.95 bits per heavy atom. The fraction of sp³-hybridized carbons (Fsp3) is 0.308. The predicted octanol–water partition coefficient (Wildman–Crippen LogP) is 2.26. The Labute approximate surface area is 129 Å². The van der Waals surface area contributed by atoms with Gasteiger partial charge in [0.2, 0.25) is 0 Å². The molecule has 5 nitrogen and oxygen atoms in total. The molecule has 0 aliphatic carbocycles. The molecule has 0 bridgehead atoms. The minimum Gasteiger partial charge on any atom is -0.312 e. The molecular weight excluding hydrogens is 344 g/mol. The average Bonchev–Trinajstić information content (AvgIpc) is 2.80. The van der Waals surface area contributed by atoms with E-state index in [2.05, 4.69) is 31.6 Å². The summed E-state index contributed by atoms with van der Waals surface area (Å²) in [4.78, 5) is 12.2. The molecular formula is C13H12BrClN4O. The SMILES string of the molecule is O=C(Cc1ccc(Br)cc1Cl)c1cn(C2CNC2)nn1. The van der Waals surface area contributed by atoms with Crippen molar-refractivity contribution in [2.24, 2.45) is 0 Å². The van der Waals surface area contributed by atoms with Crippen LogP contribution in [0.15, 0.2) is 28.9 Å². The fourth-order valence-electron chi connectivity index (χ4n) is 1.97. The van der Waals surface area contributed by atoms with Gasteiger partial charge in [-0.05, 0) is 17.7 Å². The van der Waals surface area contributed by atoms with Crippen LogP contribution in [0.4, 0.5) is 0 Å². The summed E-state index contributed by atoms with van der Waals surface area (Å²) in [5.41, 5.74) is 1.18. The van der Waals surface area contributed by atoms with E-state index in [-0.39, 0.29) is 12.2 Å². The Bertz CT molecular complexity index is 654. The third kappa shape index (κ3) is 2.77. The first kappa shape index (κ1) is 13.7. The van der Waals surface area contributed by atoms with Gasteiger partial charge in [-0.3, -0.25) is 4.79 Å². The van der Waals surface area contributed by atoms with Gasteiger partial charge in [0.15, 0.2) is 5.78 Å². The molecule has 7 heteroatoms. The monoisotopic (exact) mass is 354 g/mol. The number of benzene rings is 1. The number of aromatic nitrogens is 3. The van der Waals surface area contributed by atoms with Gasteiger partial charge in [0.1, 0.15) is 5.69 Å². The summed E-state index contributed by atoms with van der Waals surface area (Å²) in [5, 5.41) is 11.7. The van der Waals surface area contributed by atoms with E-state index >= 15 is 0 Å². The second-order valence-corrected chi connectivity index (χ2v) is 6.05. The molecule has 0 spiro atoms. The molecule has 1 aliphatic heterocycles. The van der Waals surface area contributed by atoms with Crippen molar-refractivity contribution >= 4 is 33.3 Å². The molecule has 1 N–H and O–H groups in total. The van der Waals surface area contributed by atoms with Crippen LogP contribution in [0.3, 0.4) is 0 Å². The number of hydrogen-bond donors (Lipinski definition) is 1. The predicted molar refractivity (Wildman–Crippen MR) is 79.1 cm³/mol. The number of halogens is 2. The van der Waals surface area contributed by atoms with Gasteiger partial charge in [-0.2, -0.15) is 0 Å². The normalized spacial score (nSPS) is 15.1. The van der Waals surface area contributed by atoms with E-state index in [1.165, 1.54) is 0 Å². The van der Waals surface area contributed by atoms with Crippen LogP contribution in [-0.4, -0.2) is 33.9 Å². The number of carbonyl (C=O) groups is 1. The second-order valence-electron chi connectivity index (χ2n) is 4.73.